The number of nitrogens with zero attached hydrogens (tertiary/aromatic N) is 1. The van der Waals surface area contributed by atoms with Gasteiger partial charge in [0.15, 0.2) is 0 Å². The number of aryl methyl sites for hydroxylation is 1. The summed E-state index contributed by atoms with van der Waals surface area (Å²) >= 11 is 1.42. The highest BCUT2D eigenvalue weighted by molar-refractivity contribution is 7.11. The lowest BCUT2D eigenvalue weighted by Crippen LogP contribution is -2.00. The van der Waals surface area contributed by atoms with E-state index in [9.17, 15) is 0 Å². The van der Waals surface area contributed by atoms with E-state index >= 15 is 0 Å². The Morgan fingerprint density at radius 3 is 3.00 bits per heavy atom. The second-order valence-corrected chi connectivity index (χ2v) is 2.40. The van der Waals surface area contributed by atoms with Crippen LogP contribution < -0.4 is 10.7 Å². The lowest BCUT2D eigenvalue weighted by atomic mass is 10.4. The number of aromatic nitrogens is 1. The quantitative estimate of drug-likeness (QED) is 0.629. The molecule has 0 aliphatic carbocycles. The lowest BCUT2D eigenvalue weighted by molar-refractivity contribution is 0.332. The molecule has 4 heteroatoms. The maximum absolute atomic E-state index is 4.87. The van der Waals surface area contributed by atoms with Crippen LogP contribution in [0.4, 0.5) is 0 Å². The van der Waals surface area contributed by atoms with Crippen LogP contribution in [0.5, 0.6) is 5.19 Å². The van der Waals surface area contributed by atoms with Crippen LogP contribution in [0.2, 0.25) is 0 Å². The average molecular weight is 144 g/mol. The minimum atomic E-state index is 0.534. The third kappa shape index (κ3) is 1.40. The number of hydrogen-bond donors (Lipinski definition) is 1. The van der Waals surface area contributed by atoms with Crippen molar-refractivity contribution in [1.82, 2.24) is 4.98 Å². The van der Waals surface area contributed by atoms with Crippen LogP contribution in [0, 0.1) is 0 Å². The molecular weight excluding hydrogens is 136 g/mol. The zero-order chi connectivity index (χ0) is 6.69. The van der Waals surface area contributed by atoms with Crippen molar-refractivity contribution >= 4 is 11.3 Å². The first kappa shape index (κ1) is 6.51. The van der Waals surface area contributed by atoms with Crippen LogP contribution in [0.15, 0.2) is 5.38 Å². The zero-order valence-corrected chi connectivity index (χ0v) is 5.94. The second-order valence-electron chi connectivity index (χ2n) is 1.58. The van der Waals surface area contributed by atoms with E-state index in [4.69, 9.17) is 5.90 Å². The Bertz CT molecular complexity index is 168. The van der Waals surface area contributed by atoms with Crippen molar-refractivity contribution in [3.05, 3.63) is 11.1 Å². The fourth-order valence-corrected chi connectivity index (χ4v) is 1.19. The normalized spacial score (nSPS) is 9.56. The van der Waals surface area contributed by atoms with Gasteiger partial charge < -0.3 is 4.84 Å². The Morgan fingerprint density at radius 1 is 1.89 bits per heavy atom. The van der Waals surface area contributed by atoms with E-state index < -0.39 is 0 Å². The van der Waals surface area contributed by atoms with Gasteiger partial charge in [0.05, 0.1) is 5.69 Å². The van der Waals surface area contributed by atoms with E-state index in [-0.39, 0.29) is 0 Å². The van der Waals surface area contributed by atoms with Gasteiger partial charge in [0.1, 0.15) is 0 Å². The fourth-order valence-electron chi connectivity index (χ4n) is 0.505. The van der Waals surface area contributed by atoms with Crippen molar-refractivity contribution in [2.75, 3.05) is 0 Å². The molecule has 0 saturated heterocycles. The summed E-state index contributed by atoms with van der Waals surface area (Å²) in [5.74, 6) is 4.87. The molecule has 0 aromatic carbocycles. The van der Waals surface area contributed by atoms with E-state index in [2.05, 4.69) is 9.82 Å². The number of hydrogen-bond acceptors (Lipinski definition) is 4. The maximum Gasteiger partial charge on any atom is 0.294 e. The first-order chi connectivity index (χ1) is 4.36. The van der Waals surface area contributed by atoms with Crippen molar-refractivity contribution in [2.24, 2.45) is 5.90 Å². The Morgan fingerprint density at radius 2 is 2.67 bits per heavy atom. The van der Waals surface area contributed by atoms with Crippen molar-refractivity contribution < 1.29 is 4.84 Å². The maximum atomic E-state index is 4.87. The minimum Gasteiger partial charge on any atom is -0.380 e. The van der Waals surface area contributed by atoms with Crippen molar-refractivity contribution in [1.29, 1.82) is 0 Å². The largest absolute Gasteiger partial charge is 0.380 e. The lowest BCUT2D eigenvalue weighted by Gasteiger charge is -1.85. The van der Waals surface area contributed by atoms with Gasteiger partial charge in [0, 0.05) is 5.38 Å². The molecule has 2 N–H and O–H groups in total. The Hall–Kier alpha value is -0.610. The minimum absolute atomic E-state index is 0.534. The molecule has 50 valence electrons. The molecule has 0 aliphatic heterocycles. The first-order valence-corrected chi connectivity index (χ1v) is 3.56. The fraction of sp³-hybridized carbons (Fsp3) is 0.400. The molecule has 1 rings (SSSR count). The molecule has 1 aromatic heterocycles. The topological polar surface area (TPSA) is 48.1 Å². The number of nitrogens with two attached hydrogens (primary N) is 1. The predicted molar refractivity (Wildman–Crippen MR) is 36.3 cm³/mol. The highest BCUT2D eigenvalue weighted by Crippen LogP contribution is 2.16. The van der Waals surface area contributed by atoms with Crippen LogP contribution in [0.25, 0.3) is 0 Å². The van der Waals surface area contributed by atoms with E-state index in [1.165, 1.54) is 11.3 Å². The second kappa shape index (κ2) is 2.80. The first-order valence-electron chi connectivity index (χ1n) is 2.68. The standard InChI is InChI=1S/C5H8N2OS/c1-2-4-3-9-5(7-4)8-6/h3H,2,6H2,1H3. The highest BCUT2D eigenvalue weighted by atomic mass is 32.1. The predicted octanol–water partition coefficient (Wildman–Crippen LogP) is 0.958. The molecule has 0 atom stereocenters. The summed E-state index contributed by atoms with van der Waals surface area (Å²) in [6.07, 6.45) is 0.930. The molecule has 1 heterocycles. The van der Waals surface area contributed by atoms with E-state index in [1.807, 2.05) is 12.3 Å². The Kier molecular flexibility index (Phi) is 2.02. The summed E-state index contributed by atoms with van der Waals surface area (Å²) < 4.78 is 0. The van der Waals surface area contributed by atoms with Crippen LogP contribution in [0.3, 0.4) is 0 Å². The van der Waals surface area contributed by atoms with Crippen LogP contribution in [-0.4, -0.2) is 4.98 Å². The summed E-state index contributed by atoms with van der Waals surface area (Å²) in [6.45, 7) is 2.04. The van der Waals surface area contributed by atoms with Crippen molar-refractivity contribution in [3.63, 3.8) is 0 Å². The van der Waals surface area contributed by atoms with Gasteiger partial charge in [-0.25, -0.2) is 4.98 Å². The average Bonchev–Trinajstić information content (AvgIpc) is 2.34. The van der Waals surface area contributed by atoms with Crippen LogP contribution in [0.1, 0.15) is 12.6 Å². The molecule has 0 bridgehead atoms. The van der Waals surface area contributed by atoms with Gasteiger partial charge in [-0.2, -0.15) is 5.90 Å². The van der Waals surface area contributed by atoms with Gasteiger partial charge in [-0.1, -0.05) is 18.3 Å². The van der Waals surface area contributed by atoms with Crippen molar-refractivity contribution in [2.45, 2.75) is 13.3 Å². The zero-order valence-electron chi connectivity index (χ0n) is 5.13. The Balaban J connectivity index is 2.74. The Labute approximate surface area is 57.4 Å². The van der Waals surface area contributed by atoms with Crippen LogP contribution >= 0.6 is 11.3 Å². The molecule has 1 aromatic rings. The molecule has 0 spiro atoms. The molecule has 9 heavy (non-hydrogen) atoms. The smallest absolute Gasteiger partial charge is 0.294 e. The monoisotopic (exact) mass is 144 g/mol. The summed E-state index contributed by atoms with van der Waals surface area (Å²) in [5, 5.41) is 2.47. The summed E-state index contributed by atoms with van der Waals surface area (Å²) in [6, 6.07) is 0. The third-order valence-electron chi connectivity index (χ3n) is 0.994. The van der Waals surface area contributed by atoms with Crippen molar-refractivity contribution in [3.8, 4) is 5.19 Å². The van der Waals surface area contributed by atoms with Crippen LogP contribution in [-0.2, 0) is 6.42 Å². The number of rotatable bonds is 2. The molecule has 0 saturated carbocycles. The van der Waals surface area contributed by atoms with E-state index in [1.54, 1.807) is 0 Å². The summed E-state index contributed by atoms with van der Waals surface area (Å²) in [5.41, 5.74) is 1.03. The summed E-state index contributed by atoms with van der Waals surface area (Å²) in [4.78, 5) is 8.42. The van der Waals surface area contributed by atoms with Gasteiger partial charge in [-0.3, -0.25) is 0 Å². The highest BCUT2D eigenvalue weighted by Gasteiger charge is 1.97. The molecule has 0 amide bonds. The third-order valence-corrected chi connectivity index (χ3v) is 1.77. The molecule has 3 nitrogen and oxygen atoms in total. The van der Waals surface area contributed by atoms with Gasteiger partial charge in [-0.05, 0) is 6.42 Å². The summed E-state index contributed by atoms with van der Waals surface area (Å²) in [7, 11) is 0. The van der Waals surface area contributed by atoms with E-state index in [0.29, 0.717) is 5.19 Å². The van der Waals surface area contributed by atoms with E-state index in [0.717, 1.165) is 12.1 Å². The SMILES string of the molecule is CCc1csc(ON)n1. The van der Waals surface area contributed by atoms with Gasteiger partial charge in [0.25, 0.3) is 5.19 Å². The van der Waals surface area contributed by atoms with Gasteiger partial charge in [-0.15, -0.1) is 0 Å². The molecule has 0 unspecified atom stereocenters. The number of thiazole rings is 1. The molecule has 0 radical (unpaired) electrons. The molecule has 0 aliphatic rings. The molecule has 0 fully saturated rings. The molecular formula is C5H8N2OS. The van der Waals surface area contributed by atoms with Gasteiger partial charge >= 0.3 is 0 Å². The van der Waals surface area contributed by atoms with Gasteiger partial charge in [0.2, 0.25) is 0 Å².